The third kappa shape index (κ3) is 11.8. The normalized spacial score (nSPS) is 11.3. The zero-order chi connectivity index (χ0) is 20.0. The topological polar surface area (TPSA) is 93.1 Å². The molecule has 0 aromatic heterocycles. The molecule has 0 aliphatic carbocycles. The molecule has 0 heterocycles. The van der Waals surface area contributed by atoms with E-state index in [1.807, 2.05) is 13.8 Å². The van der Waals surface area contributed by atoms with Crippen molar-refractivity contribution >= 4 is 11.9 Å². The third-order valence-electron chi connectivity index (χ3n) is 4.08. The molecule has 0 fully saturated rings. The van der Waals surface area contributed by atoms with Gasteiger partial charge in [-0.25, -0.2) is 0 Å². The first-order chi connectivity index (χ1) is 12.2. The lowest BCUT2D eigenvalue weighted by Gasteiger charge is -2.29. The summed E-state index contributed by atoms with van der Waals surface area (Å²) in [5.41, 5.74) is 0.908. The van der Waals surface area contributed by atoms with Gasteiger partial charge in [-0.05, 0) is 52.4 Å². The van der Waals surface area contributed by atoms with Crippen molar-refractivity contribution in [3.8, 4) is 0 Å². The number of hydrogen-bond donors (Lipinski definition) is 2. The fraction of sp³-hybridized carbons (Fsp3) is 0.700. The number of carboxylic acid groups (broad SMARTS) is 2. The zero-order valence-electron chi connectivity index (χ0n) is 16.2. The van der Waals surface area contributed by atoms with Gasteiger partial charge in [0.05, 0.1) is 18.6 Å². The highest BCUT2D eigenvalue weighted by Crippen LogP contribution is 2.36. The van der Waals surface area contributed by atoms with Crippen LogP contribution in [0, 0.1) is 5.41 Å². The fourth-order valence-electron chi connectivity index (χ4n) is 2.79. The van der Waals surface area contributed by atoms with Gasteiger partial charge in [-0.1, -0.05) is 24.3 Å². The average molecular weight is 370 g/mol. The van der Waals surface area contributed by atoms with E-state index >= 15 is 0 Å². The van der Waals surface area contributed by atoms with Gasteiger partial charge >= 0.3 is 11.9 Å². The Kier molecular flexibility index (Phi) is 12.7. The molecule has 6 nitrogen and oxygen atoms in total. The highest BCUT2D eigenvalue weighted by molar-refractivity contribution is 5.74. The van der Waals surface area contributed by atoms with Crippen molar-refractivity contribution in [2.24, 2.45) is 5.41 Å². The summed E-state index contributed by atoms with van der Waals surface area (Å²) in [6, 6.07) is 0. The van der Waals surface area contributed by atoms with Gasteiger partial charge in [0, 0.05) is 19.6 Å². The molecule has 6 heteroatoms. The Bertz CT molecular complexity index is 445. The van der Waals surface area contributed by atoms with Crippen LogP contribution in [0.15, 0.2) is 24.3 Å². The van der Waals surface area contributed by atoms with E-state index in [4.69, 9.17) is 14.6 Å². The fourth-order valence-corrected chi connectivity index (χ4v) is 2.79. The summed E-state index contributed by atoms with van der Waals surface area (Å²) in [6.45, 7) is 13.1. The molecule has 0 radical (unpaired) electrons. The average Bonchev–Trinajstić information content (AvgIpc) is 2.52. The lowest BCUT2D eigenvalue weighted by molar-refractivity contribution is -0.151. The van der Waals surface area contributed by atoms with Crippen molar-refractivity contribution < 1.29 is 29.3 Å². The summed E-state index contributed by atoms with van der Waals surface area (Å²) >= 11 is 0. The van der Waals surface area contributed by atoms with E-state index in [9.17, 15) is 14.7 Å². The highest BCUT2D eigenvalue weighted by atomic mass is 16.5. The molecule has 0 amide bonds. The summed E-state index contributed by atoms with van der Waals surface area (Å²) in [6.07, 6.45) is 2.81. The third-order valence-corrected chi connectivity index (χ3v) is 4.08. The van der Waals surface area contributed by atoms with Gasteiger partial charge in [0.1, 0.15) is 0 Å². The largest absolute Gasteiger partial charge is 0.481 e. The maximum absolute atomic E-state index is 12.0. The first kappa shape index (κ1) is 24.3. The van der Waals surface area contributed by atoms with Crippen LogP contribution in [0.1, 0.15) is 58.8 Å². The Morgan fingerprint density at radius 1 is 0.846 bits per heavy atom. The Morgan fingerprint density at radius 2 is 1.27 bits per heavy atom. The van der Waals surface area contributed by atoms with E-state index in [0.717, 1.165) is 11.1 Å². The van der Waals surface area contributed by atoms with Gasteiger partial charge in [-0.15, -0.1) is 0 Å². The standard InChI is InChI=1S/C20H34O6/c1-16(2)14-25-12-6-10-20(19(23)24,9-5-8-18(21)22)11-7-13-26-15-17(3)4/h1,3,5-15H2,2,4H3,(H,21,22)(H,23,24). The lowest BCUT2D eigenvalue weighted by atomic mass is 9.75. The van der Waals surface area contributed by atoms with E-state index in [0.29, 0.717) is 65.0 Å². The summed E-state index contributed by atoms with van der Waals surface area (Å²) in [4.78, 5) is 22.8. The maximum Gasteiger partial charge on any atom is 0.309 e. The number of hydrogen-bond acceptors (Lipinski definition) is 4. The monoisotopic (exact) mass is 370 g/mol. The predicted octanol–water partition coefficient (Wildman–Crippen LogP) is 4.06. The summed E-state index contributed by atoms with van der Waals surface area (Å²) in [5.74, 6) is -1.78. The second kappa shape index (κ2) is 13.5. The number of rotatable bonds is 17. The van der Waals surface area contributed by atoms with E-state index < -0.39 is 17.4 Å². The Morgan fingerprint density at radius 3 is 1.62 bits per heavy atom. The van der Waals surface area contributed by atoms with Crippen LogP contribution in [0.4, 0.5) is 0 Å². The van der Waals surface area contributed by atoms with Gasteiger partial charge in [0.15, 0.2) is 0 Å². The summed E-state index contributed by atoms with van der Waals surface area (Å²) in [5, 5.41) is 18.7. The van der Waals surface area contributed by atoms with E-state index in [1.165, 1.54) is 0 Å². The number of aliphatic carboxylic acids is 2. The Hall–Kier alpha value is -1.66. The van der Waals surface area contributed by atoms with Crippen molar-refractivity contribution in [1.29, 1.82) is 0 Å². The smallest absolute Gasteiger partial charge is 0.309 e. The van der Waals surface area contributed by atoms with Gasteiger partial charge in [0.2, 0.25) is 0 Å². The number of ether oxygens (including phenoxy) is 2. The van der Waals surface area contributed by atoms with E-state index in [2.05, 4.69) is 13.2 Å². The molecule has 0 spiro atoms. The molecular weight excluding hydrogens is 336 g/mol. The first-order valence-corrected chi connectivity index (χ1v) is 9.09. The van der Waals surface area contributed by atoms with Crippen LogP contribution in [-0.4, -0.2) is 48.6 Å². The van der Waals surface area contributed by atoms with Crippen molar-refractivity contribution in [1.82, 2.24) is 0 Å². The molecule has 2 N–H and O–H groups in total. The zero-order valence-corrected chi connectivity index (χ0v) is 16.2. The molecule has 0 unspecified atom stereocenters. The van der Waals surface area contributed by atoms with Gasteiger partial charge in [0.25, 0.3) is 0 Å². The van der Waals surface area contributed by atoms with Crippen molar-refractivity contribution in [2.75, 3.05) is 26.4 Å². The van der Waals surface area contributed by atoms with E-state index in [-0.39, 0.29) is 6.42 Å². The molecular formula is C20H34O6. The van der Waals surface area contributed by atoms with Crippen LogP contribution in [-0.2, 0) is 19.1 Å². The molecule has 0 aliphatic heterocycles. The molecule has 0 aromatic rings. The second-order valence-corrected chi connectivity index (χ2v) is 7.06. The molecule has 0 atom stereocenters. The highest BCUT2D eigenvalue weighted by Gasteiger charge is 2.37. The molecule has 0 saturated heterocycles. The molecule has 0 saturated carbocycles. The molecule has 0 aliphatic rings. The summed E-state index contributed by atoms with van der Waals surface area (Å²) < 4.78 is 10.9. The maximum atomic E-state index is 12.0. The molecule has 0 rings (SSSR count). The van der Waals surface area contributed by atoms with Crippen LogP contribution in [0.3, 0.4) is 0 Å². The van der Waals surface area contributed by atoms with Crippen molar-refractivity contribution in [2.45, 2.75) is 58.8 Å². The van der Waals surface area contributed by atoms with Crippen LogP contribution in [0.5, 0.6) is 0 Å². The minimum absolute atomic E-state index is 0.0205. The first-order valence-electron chi connectivity index (χ1n) is 9.09. The molecule has 150 valence electrons. The van der Waals surface area contributed by atoms with Crippen molar-refractivity contribution in [3.63, 3.8) is 0 Å². The summed E-state index contributed by atoms with van der Waals surface area (Å²) in [7, 11) is 0. The minimum Gasteiger partial charge on any atom is -0.481 e. The number of carboxylic acids is 2. The second-order valence-electron chi connectivity index (χ2n) is 7.06. The van der Waals surface area contributed by atoms with Crippen molar-refractivity contribution in [3.05, 3.63) is 24.3 Å². The Labute approximate surface area is 156 Å². The van der Waals surface area contributed by atoms with Crippen LogP contribution >= 0.6 is 0 Å². The van der Waals surface area contributed by atoms with Gasteiger partial charge < -0.3 is 19.7 Å². The molecule has 0 aromatic carbocycles. The quantitative estimate of drug-likeness (QED) is 0.296. The predicted molar refractivity (Wildman–Crippen MR) is 101 cm³/mol. The molecule has 26 heavy (non-hydrogen) atoms. The van der Waals surface area contributed by atoms with Gasteiger partial charge in [-0.3, -0.25) is 9.59 Å². The number of carbonyl (C=O) groups is 2. The van der Waals surface area contributed by atoms with E-state index in [1.54, 1.807) is 0 Å². The lowest BCUT2D eigenvalue weighted by Crippen LogP contribution is -2.32. The SMILES string of the molecule is C=C(C)COCCCC(CCCOCC(=C)C)(CCCC(=O)O)C(=O)O. The Balaban J connectivity index is 4.66. The molecule has 0 bridgehead atoms. The van der Waals surface area contributed by atoms with Crippen LogP contribution < -0.4 is 0 Å². The van der Waals surface area contributed by atoms with Crippen LogP contribution in [0.25, 0.3) is 0 Å². The van der Waals surface area contributed by atoms with Gasteiger partial charge in [-0.2, -0.15) is 0 Å². The minimum atomic E-state index is -0.936. The van der Waals surface area contributed by atoms with Crippen LogP contribution in [0.2, 0.25) is 0 Å².